The SMILES string of the molecule is COc1ccc(C2Nn3c(COc4ccccc4)nnc3SC2C(=O)Nc2ccccc2C)cc1. The van der Waals surface area contributed by atoms with Crippen LogP contribution in [-0.2, 0) is 11.4 Å². The van der Waals surface area contributed by atoms with Crippen molar-refractivity contribution < 1.29 is 14.3 Å². The molecule has 5 rings (SSSR count). The first-order valence-electron chi connectivity index (χ1n) is 11.2. The summed E-state index contributed by atoms with van der Waals surface area (Å²) in [6.07, 6.45) is 0. The van der Waals surface area contributed by atoms with E-state index in [4.69, 9.17) is 9.47 Å². The number of carbonyl (C=O) groups excluding carboxylic acids is 1. The van der Waals surface area contributed by atoms with Gasteiger partial charge in [0.2, 0.25) is 11.1 Å². The van der Waals surface area contributed by atoms with E-state index in [9.17, 15) is 4.79 Å². The number of hydrogen-bond donors (Lipinski definition) is 2. The Morgan fingerprint density at radius 1 is 1.00 bits per heavy atom. The van der Waals surface area contributed by atoms with E-state index in [0.717, 1.165) is 28.3 Å². The molecule has 35 heavy (non-hydrogen) atoms. The molecule has 2 atom stereocenters. The Hall–Kier alpha value is -3.98. The molecule has 0 saturated carbocycles. The van der Waals surface area contributed by atoms with E-state index < -0.39 is 5.25 Å². The van der Waals surface area contributed by atoms with Gasteiger partial charge in [-0.1, -0.05) is 60.3 Å². The van der Waals surface area contributed by atoms with Crippen LogP contribution in [-0.4, -0.2) is 33.1 Å². The molecule has 0 fully saturated rings. The van der Waals surface area contributed by atoms with Crippen LogP contribution in [0.2, 0.25) is 0 Å². The van der Waals surface area contributed by atoms with E-state index in [1.54, 1.807) is 11.8 Å². The molecule has 0 radical (unpaired) electrons. The van der Waals surface area contributed by atoms with Crippen molar-refractivity contribution >= 4 is 23.4 Å². The topological polar surface area (TPSA) is 90.3 Å². The first-order valence-corrected chi connectivity index (χ1v) is 12.1. The molecule has 178 valence electrons. The number of ether oxygens (including phenoxy) is 2. The first kappa shape index (κ1) is 22.8. The fourth-order valence-electron chi connectivity index (χ4n) is 3.84. The summed E-state index contributed by atoms with van der Waals surface area (Å²) in [6, 6.07) is 24.6. The first-order chi connectivity index (χ1) is 17.1. The lowest BCUT2D eigenvalue weighted by Crippen LogP contribution is -2.41. The third-order valence-electron chi connectivity index (χ3n) is 5.75. The number of hydrogen-bond acceptors (Lipinski definition) is 7. The van der Waals surface area contributed by atoms with Crippen molar-refractivity contribution in [2.75, 3.05) is 17.9 Å². The average Bonchev–Trinajstić information content (AvgIpc) is 3.30. The lowest BCUT2D eigenvalue weighted by atomic mass is 10.0. The summed E-state index contributed by atoms with van der Waals surface area (Å²) in [5.74, 6) is 2.00. The molecule has 2 N–H and O–H groups in total. The smallest absolute Gasteiger partial charge is 0.240 e. The molecule has 3 aromatic carbocycles. The lowest BCUT2D eigenvalue weighted by molar-refractivity contribution is -0.116. The minimum Gasteiger partial charge on any atom is -0.497 e. The fourth-order valence-corrected chi connectivity index (χ4v) is 4.93. The molecule has 2 heterocycles. The summed E-state index contributed by atoms with van der Waals surface area (Å²) < 4.78 is 13.0. The third kappa shape index (κ3) is 4.95. The minimum atomic E-state index is -0.484. The zero-order valence-electron chi connectivity index (χ0n) is 19.3. The Morgan fingerprint density at radius 2 is 1.74 bits per heavy atom. The summed E-state index contributed by atoms with van der Waals surface area (Å²) >= 11 is 1.37. The highest BCUT2D eigenvalue weighted by Gasteiger charge is 2.38. The largest absolute Gasteiger partial charge is 0.497 e. The van der Waals surface area contributed by atoms with Crippen LogP contribution in [0.15, 0.2) is 84.0 Å². The number of para-hydroxylation sites is 2. The predicted octanol–water partition coefficient (Wildman–Crippen LogP) is 4.57. The number of anilines is 1. The molecule has 1 aliphatic rings. The maximum Gasteiger partial charge on any atom is 0.240 e. The molecule has 0 spiro atoms. The molecule has 2 unspecified atom stereocenters. The fraction of sp³-hybridized carbons (Fsp3) is 0.192. The zero-order valence-corrected chi connectivity index (χ0v) is 20.2. The molecule has 0 aliphatic carbocycles. The third-order valence-corrected chi connectivity index (χ3v) is 6.97. The van der Waals surface area contributed by atoms with Gasteiger partial charge in [-0.3, -0.25) is 4.79 Å². The molecule has 1 amide bonds. The second-order valence-electron chi connectivity index (χ2n) is 8.06. The molecule has 1 aromatic heterocycles. The van der Waals surface area contributed by atoms with Gasteiger partial charge in [0, 0.05) is 5.69 Å². The van der Waals surface area contributed by atoms with Crippen molar-refractivity contribution in [2.45, 2.75) is 30.0 Å². The number of carbonyl (C=O) groups is 1. The zero-order chi connectivity index (χ0) is 24.2. The van der Waals surface area contributed by atoms with E-state index in [0.29, 0.717) is 11.0 Å². The van der Waals surface area contributed by atoms with E-state index in [1.807, 2.05) is 85.8 Å². The maximum atomic E-state index is 13.5. The molecule has 4 aromatic rings. The van der Waals surface area contributed by atoms with Crippen molar-refractivity contribution in [1.82, 2.24) is 14.9 Å². The molecule has 8 nitrogen and oxygen atoms in total. The van der Waals surface area contributed by atoms with Gasteiger partial charge in [0.1, 0.15) is 23.4 Å². The van der Waals surface area contributed by atoms with Gasteiger partial charge >= 0.3 is 0 Å². The highest BCUT2D eigenvalue weighted by molar-refractivity contribution is 8.00. The summed E-state index contributed by atoms with van der Waals surface area (Å²) in [5.41, 5.74) is 6.19. The Balaban J connectivity index is 1.43. The molecule has 0 bridgehead atoms. The van der Waals surface area contributed by atoms with Crippen molar-refractivity contribution in [2.24, 2.45) is 0 Å². The quantitative estimate of drug-likeness (QED) is 0.395. The van der Waals surface area contributed by atoms with Gasteiger partial charge in [-0.25, -0.2) is 4.68 Å². The monoisotopic (exact) mass is 487 g/mol. The van der Waals surface area contributed by atoms with Gasteiger partial charge in [-0.05, 0) is 48.4 Å². The Labute approximate surface area is 207 Å². The van der Waals surface area contributed by atoms with Crippen molar-refractivity contribution in [3.63, 3.8) is 0 Å². The number of amides is 1. The number of methoxy groups -OCH3 is 1. The lowest BCUT2D eigenvalue weighted by Gasteiger charge is -2.33. The van der Waals surface area contributed by atoms with Crippen LogP contribution < -0.4 is 20.2 Å². The van der Waals surface area contributed by atoms with Crippen LogP contribution >= 0.6 is 11.8 Å². The summed E-state index contributed by atoms with van der Waals surface area (Å²) in [6.45, 7) is 2.21. The van der Waals surface area contributed by atoms with Gasteiger partial charge in [0.15, 0.2) is 5.82 Å². The van der Waals surface area contributed by atoms with E-state index in [-0.39, 0.29) is 18.6 Å². The van der Waals surface area contributed by atoms with Crippen LogP contribution in [0.3, 0.4) is 0 Å². The van der Waals surface area contributed by atoms with E-state index >= 15 is 0 Å². The van der Waals surface area contributed by atoms with E-state index in [2.05, 4.69) is 20.9 Å². The van der Waals surface area contributed by atoms with E-state index in [1.165, 1.54) is 11.8 Å². The highest BCUT2D eigenvalue weighted by Crippen LogP contribution is 2.38. The standard InChI is InChI=1S/C26H25N5O3S/c1-17-8-6-7-11-21(17)27-25(32)24-23(18-12-14-19(33-2)15-13-18)30-31-22(28-29-26(31)35-24)16-34-20-9-4-3-5-10-20/h3-15,23-24,30H,16H2,1-2H3,(H,27,32). The number of rotatable bonds is 7. The summed E-state index contributed by atoms with van der Waals surface area (Å²) in [7, 11) is 1.63. The van der Waals surface area contributed by atoms with Crippen molar-refractivity contribution in [1.29, 1.82) is 0 Å². The Morgan fingerprint density at radius 3 is 2.49 bits per heavy atom. The van der Waals surface area contributed by atoms with Gasteiger partial charge in [0.05, 0.1) is 13.2 Å². The number of aryl methyl sites for hydroxylation is 1. The summed E-state index contributed by atoms with van der Waals surface area (Å²) in [5, 5.41) is 11.8. The van der Waals surface area contributed by atoms with Gasteiger partial charge in [0.25, 0.3) is 0 Å². The van der Waals surface area contributed by atoms with Gasteiger partial charge in [-0.2, -0.15) is 0 Å². The molecular weight excluding hydrogens is 462 g/mol. The molecular formula is C26H25N5O3S. The van der Waals surface area contributed by atoms with Crippen LogP contribution in [0.25, 0.3) is 0 Å². The van der Waals surface area contributed by atoms with Crippen LogP contribution in [0.1, 0.15) is 23.0 Å². The molecule has 0 saturated heterocycles. The highest BCUT2D eigenvalue weighted by atomic mass is 32.2. The van der Waals surface area contributed by atoms with Gasteiger partial charge in [-0.15, -0.1) is 10.2 Å². The van der Waals surface area contributed by atoms with Crippen molar-refractivity contribution in [3.8, 4) is 11.5 Å². The summed E-state index contributed by atoms with van der Waals surface area (Å²) in [4.78, 5) is 13.5. The normalized spacial score (nSPS) is 16.6. The van der Waals surface area contributed by atoms with Gasteiger partial charge < -0.3 is 20.2 Å². The van der Waals surface area contributed by atoms with Crippen LogP contribution in [0, 0.1) is 6.92 Å². The number of aromatic nitrogens is 3. The Kier molecular flexibility index (Phi) is 6.58. The number of nitrogens with one attached hydrogen (secondary N) is 2. The number of benzene rings is 3. The van der Waals surface area contributed by atoms with Crippen molar-refractivity contribution in [3.05, 3.63) is 95.8 Å². The van der Waals surface area contributed by atoms with Crippen LogP contribution in [0.4, 0.5) is 5.69 Å². The second kappa shape index (κ2) is 10.1. The number of nitrogens with zero attached hydrogens (tertiary/aromatic N) is 3. The number of fused-ring (bicyclic) bond motifs is 1. The minimum absolute atomic E-state index is 0.117. The van der Waals surface area contributed by atoms with Crippen LogP contribution in [0.5, 0.6) is 11.5 Å². The second-order valence-corrected chi connectivity index (χ2v) is 9.17. The number of thioether (sulfide) groups is 1. The predicted molar refractivity (Wildman–Crippen MR) is 135 cm³/mol. The maximum absolute atomic E-state index is 13.5. The Bertz CT molecular complexity index is 1310. The molecule has 1 aliphatic heterocycles. The average molecular weight is 488 g/mol. The molecule has 9 heteroatoms.